The predicted molar refractivity (Wildman–Crippen MR) is 121 cm³/mol. The predicted octanol–water partition coefficient (Wildman–Crippen LogP) is 3.60. The van der Waals surface area contributed by atoms with E-state index in [9.17, 15) is 9.59 Å². The van der Waals surface area contributed by atoms with E-state index >= 15 is 0 Å². The Morgan fingerprint density at radius 3 is 1.39 bits per heavy atom. The van der Waals surface area contributed by atoms with E-state index in [1.807, 2.05) is 12.1 Å². The van der Waals surface area contributed by atoms with Gasteiger partial charge in [-0.2, -0.15) is 0 Å². The number of methoxy groups -OCH3 is 4. The van der Waals surface area contributed by atoms with Crippen molar-refractivity contribution >= 4 is 23.4 Å². The van der Waals surface area contributed by atoms with Crippen LogP contribution in [0.3, 0.4) is 0 Å². The topological polar surface area (TPSA) is 102 Å². The molecule has 0 aliphatic carbocycles. The van der Waals surface area contributed by atoms with Gasteiger partial charge in [-0.05, 0) is 18.6 Å². The molecule has 4 amide bonds. The summed E-state index contributed by atoms with van der Waals surface area (Å²) in [6.45, 7) is 1.01. The van der Waals surface area contributed by atoms with Crippen LogP contribution in [0.4, 0.5) is 21.0 Å². The van der Waals surface area contributed by atoms with Crippen molar-refractivity contribution in [2.45, 2.75) is 18.5 Å². The molecule has 3 aliphatic heterocycles. The van der Waals surface area contributed by atoms with Crippen molar-refractivity contribution in [3.63, 3.8) is 0 Å². The second-order valence-corrected chi connectivity index (χ2v) is 8.08. The number of nitrogens with zero attached hydrogens (tertiary/aromatic N) is 2. The third-order valence-corrected chi connectivity index (χ3v) is 6.52. The number of carbonyl (C=O) groups excluding carboxylic acids is 2. The van der Waals surface area contributed by atoms with E-state index in [0.29, 0.717) is 53.9 Å². The first kappa shape index (κ1) is 21.0. The van der Waals surface area contributed by atoms with Crippen LogP contribution in [0.1, 0.15) is 29.6 Å². The van der Waals surface area contributed by atoms with Gasteiger partial charge in [-0.3, -0.25) is 0 Å². The van der Waals surface area contributed by atoms with Crippen LogP contribution in [0.25, 0.3) is 0 Å². The number of fused-ring (bicyclic) bond motifs is 7. The molecule has 2 aromatic rings. The molecule has 0 aromatic heterocycles. The molecule has 5 rings (SSSR count). The maximum absolute atomic E-state index is 13.2. The minimum Gasteiger partial charge on any atom is -0.493 e. The molecule has 0 saturated carbocycles. The average molecular weight is 454 g/mol. The maximum Gasteiger partial charge on any atom is 0.322 e. The molecule has 2 N–H and O–H groups in total. The first-order valence-corrected chi connectivity index (χ1v) is 10.7. The number of ether oxygens (including phenoxy) is 4. The van der Waals surface area contributed by atoms with Crippen LogP contribution >= 0.6 is 0 Å². The average Bonchev–Trinajstić information content (AvgIpc) is 3.04. The molecule has 0 unspecified atom stereocenters. The molecule has 3 aliphatic rings. The molecule has 33 heavy (non-hydrogen) atoms. The van der Waals surface area contributed by atoms with Crippen LogP contribution in [0.2, 0.25) is 0 Å². The highest BCUT2D eigenvalue weighted by Crippen LogP contribution is 2.52. The highest BCUT2D eigenvalue weighted by Gasteiger charge is 2.47. The van der Waals surface area contributed by atoms with Crippen LogP contribution < -0.4 is 29.6 Å². The molecule has 0 spiro atoms. The zero-order chi connectivity index (χ0) is 23.3. The fraction of sp³-hybridized carbons (Fsp3) is 0.391. The lowest BCUT2D eigenvalue weighted by molar-refractivity contribution is 0.135. The molecule has 1 fully saturated rings. The number of carbonyl (C=O) groups is 2. The zero-order valence-electron chi connectivity index (χ0n) is 18.9. The van der Waals surface area contributed by atoms with Gasteiger partial charge in [0.25, 0.3) is 0 Å². The van der Waals surface area contributed by atoms with Crippen LogP contribution in [0.15, 0.2) is 24.3 Å². The van der Waals surface area contributed by atoms with Crippen molar-refractivity contribution in [1.29, 1.82) is 0 Å². The lowest BCUT2D eigenvalue weighted by Crippen LogP contribution is -2.49. The number of benzene rings is 2. The molecule has 10 heteroatoms. The quantitative estimate of drug-likeness (QED) is 0.732. The van der Waals surface area contributed by atoms with E-state index in [4.69, 9.17) is 18.9 Å². The third kappa shape index (κ3) is 3.16. The summed E-state index contributed by atoms with van der Waals surface area (Å²) in [5.74, 6) is 2.14. The Balaban J connectivity index is 1.75. The smallest absolute Gasteiger partial charge is 0.322 e. The van der Waals surface area contributed by atoms with Crippen LogP contribution in [0, 0.1) is 0 Å². The van der Waals surface area contributed by atoms with Gasteiger partial charge in [-0.1, -0.05) is 0 Å². The maximum atomic E-state index is 13.2. The van der Waals surface area contributed by atoms with E-state index in [0.717, 1.165) is 11.1 Å². The highest BCUT2D eigenvalue weighted by atomic mass is 16.5. The second-order valence-electron chi connectivity index (χ2n) is 8.08. The Hall–Kier alpha value is -3.82. The van der Waals surface area contributed by atoms with Crippen molar-refractivity contribution in [2.24, 2.45) is 0 Å². The summed E-state index contributed by atoms with van der Waals surface area (Å²) < 4.78 is 22.0. The van der Waals surface area contributed by atoms with Crippen LogP contribution in [-0.2, 0) is 0 Å². The lowest BCUT2D eigenvalue weighted by Gasteiger charge is -2.45. The minimum atomic E-state index is -0.432. The SMILES string of the molecule is COc1cc2c(cc1OC)[C@@H]1[C@@H]3c4cc(OC)c(OC)cc4NC(=O)N3CCCN1C(=O)N2. The van der Waals surface area contributed by atoms with Crippen molar-refractivity contribution in [1.82, 2.24) is 9.80 Å². The van der Waals surface area contributed by atoms with Gasteiger partial charge in [0.1, 0.15) is 0 Å². The van der Waals surface area contributed by atoms with Crippen LogP contribution in [0.5, 0.6) is 23.0 Å². The summed E-state index contributed by atoms with van der Waals surface area (Å²) in [6, 6.07) is 5.99. The molecule has 0 radical (unpaired) electrons. The third-order valence-electron chi connectivity index (χ3n) is 6.52. The summed E-state index contributed by atoms with van der Waals surface area (Å²) >= 11 is 0. The van der Waals surface area contributed by atoms with E-state index in [-0.39, 0.29) is 12.1 Å². The normalized spacial score (nSPS) is 20.8. The van der Waals surface area contributed by atoms with Gasteiger partial charge in [-0.15, -0.1) is 0 Å². The monoisotopic (exact) mass is 454 g/mol. The van der Waals surface area contributed by atoms with Crippen molar-refractivity contribution in [3.8, 4) is 23.0 Å². The highest BCUT2D eigenvalue weighted by molar-refractivity contribution is 5.96. The molecular formula is C23H26N4O6. The molecule has 10 nitrogen and oxygen atoms in total. The molecule has 1 saturated heterocycles. The van der Waals surface area contributed by atoms with Gasteiger partial charge >= 0.3 is 12.1 Å². The Labute approximate surface area is 191 Å². The Kier molecular flexibility index (Phi) is 5.07. The Bertz CT molecular complexity index is 1050. The first-order valence-electron chi connectivity index (χ1n) is 10.7. The largest absolute Gasteiger partial charge is 0.493 e. The molecule has 2 atom stereocenters. The summed E-state index contributed by atoms with van der Waals surface area (Å²) in [6.07, 6.45) is 0.652. The minimum absolute atomic E-state index is 0.213. The number of hydrogen-bond acceptors (Lipinski definition) is 6. The van der Waals surface area contributed by atoms with Gasteiger partial charge in [0.15, 0.2) is 23.0 Å². The van der Waals surface area contributed by atoms with Crippen molar-refractivity contribution in [3.05, 3.63) is 35.4 Å². The Morgan fingerprint density at radius 1 is 0.667 bits per heavy atom. The summed E-state index contributed by atoms with van der Waals surface area (Å²) in [5, 5.41) is 5.94. The van der Waals surface area contributed by atoms with Gasteiger partial charge in [0.2, 0.25) is 0 Å². The van der Waals surface area contributed by atoms with Crippen molar-refractivity contribution < 1.29 is 28.5 Å². The fourth-order valence-corrected chi connectivity index (χ4v) is 5.03. The number of anilines is 2. The zero-order valence-corrected chi connectivity index (χ0v) is 18.9. The van der Waals surface area contributed by atoms with Crippen LogP contribution in [-0.4, -0.2) is 63.4 Å². The van der Waals surface area contributed by atoms with E-state index in [1.54, 1.807) is 50.4 Å². The number of hydrogen-bond donors (Lipinski definition) is 2. The number of amides is 4. The Morgan fingerprint density at radius 2 is 1.03 bits per heavy atom. The van der Waals surface area contributed by atoms with Gasteiger partial charge in [0, 0.05) is 36.3 Å². The van der Waals surface area contributed by atoms with Crippen molar-refractivity contribution in [2.75, 3.05) is 52.2 Å². The number of urea groups is 2. The number of rotatable bonds is 4. The fourth-order valence-electron chi connectivity index (χ4n) is 5.03. The van der Waals surface area contributed by atoms with E-state index < -0.39 is 12.1 Å². The van der Waals surface area contributed by atoms with Gasteiger partial charge in [0.05, 0.1) is 51.9 Å². The second kappa shape index (κ2) is 7.95. The van der Waals surface area contributed by atoms with Gasteiger partial charge in [-0.25, -0.2) is 9.59 Å². The molecule has 0 bridgehead atoms. The standard InChI is InChI=1S/C23H26N4O6/c1-30-16-8-12-14(10-18(16)32-3)24-22(28)26-6-5-7-27-21(20(12)26)13-9-17(31-2)19(33-4)11-15(13)25-23(27)29/h8-11,20-21H,5-7H2,1-4H3,(H,24,28)(H,25,29)/t20-,21+. The molecular weight excluding hydrogens is 428 g/mol. The van der Waals surface area contributed by atoms with E-state index in [1.165, 1.54) is 0 Å². The van der Waals surface area contributed by atoms with E-state index in [2.05, 4.69) is 10.6 Å². The summed E-state index contributed by atoms with van der Waals surface area (Å²) in [5.41, 5.74) is 2.96. The lowest BCUT2D eigenvalue weighted by atomic mass is 9.86. The van der Waals surface area contributed by atoms with Gasteiger partial charge < -0.3 is 39.4 Å². The molecule has 2 aromatic carbocycles. The summed E-state index contributed by atoms with van der Waals surface area (Å²) in [4.78, 5) is 29.9. The first-order chi connectivity index (χ1) is 16.0. The molecule has 3 heterocycles. The number of nitrogens with one attached hydrogen (secondary N) is 2. The summed E-state index contributed by atoms with van der Waals surface area (Å²) in [7, 11) is 6.25. The molecule has 174 valence electrons.